The standard InChI is InChI=1S/C21H28N4O3/c1-21-13-22-10-9-16(21)24-20(28)17(18(21)26)19(27)23-14-5-7-15(8-6-14)25-11-3-2-4-12-25/h5-8,16,22,26H,2-4,9-13H2,1H3,(H,23,27)(H,24,28). The summed E-state index contributed by atoms with van der Waals surface area (Å²) in [5.41, 5.74) is 0.881. The number of nitrogens with one attached hydrogen (secondary N) is 3. The Labute approximate surface area is 165 Å². The van der Waals surface area contributed by atoms with Gasteiger partial charge in [0.25, 0.3) is 11.8 Å². The maximum atomic E-state index is 12.8. The second-order valence-electron chi connectivity index (χ2n) is 8.18. The average molecular weight is 384 g/mol. The van der Waals surface area contributed by atoms with Crippen molar-refractivity contribution in [2.24, 2.45) is 5.41 Å². The molecule has 2 fully saturated rings. The Morgan fingerprint density at radius 3 is 2.64 bits per heavy atom. The Bertz CT molecular complexity index is 798. The molecule has 28 heavy (non-hydrogen) atoms. The van der Waals surface area contributed by atoms with Crippen LogP contribution < -0.4 is 20.9 Å². The number of carbonyl (C=O) groups is 2. The minimum Gasteiger partial charge on any atom is -0.511 e. The number of hydrogen-bond acceptors (Lipinski definition) is 5. The number of nitrogens with zero attached hydrogens (tertiary/aromatic N) is 1. The molecule has 3 aliphatic rings. The van der Waals surface area contributed by atoms with Gasteiger partial charge >= 0.3 is 0 Å². The largest absolute Gasteiger partial charge is 0.511 e. The molecule has 0 spiro atoms. The van der Waals surface area contributed by atoms with E-state index in [9.17, 15) is 14.7 Å². The topological polar surface area (TPSA) is 93.7 Å². The molecule has 0 aromatic heterocycles. The molecule has 0 radical (unpaired) electrons. The maximum absolute atomic E-state index is 12.8. The van der Waals surface area contributed by atoms with Crippen LogP contribution >= 0.6 is 0 Å². The van der Waals surface area contributed by atoms with E-state index in [-0.39, 0.29) is 17.4 Å². The molecule has 3 aliphatic heterocycles. The molecule has 0 aliphatic carbocycles. The zero-order valence-corrected chi connectivity index (χ0v) is 16.3. The third-order valence-corrected chi connectivity index (χ3v) is 6.25. The Balaban J connectivity index is 1.51. The van der Waals surface area contributed by atoms with E-state index in [1.807, 2.05) is 31.2 Å². The fourth-order valence-corrected chi connectivity index (χ4v) is 4.45. The fourth-order valence-electron chi connectivity index (χ4n) is 4.45. The van der Waals surface area contributed by atoms with Crippen LogP contribution in [0.1, 0.15) is 32.6 Å². The molecule has 7 nitrogen and oxygen atoms in total. The summed E-state index contributed by atoms with van der Waals surface area (Å²) in [5.74, 6) is -1.22. The van der Waals surface area contributed by atoms with Crippen molar-refractivity contribution in [3.8, 4) is 0 Å². The number of fused-ring (bicyclic) bond motifs is 1. The minimum absolute atomic E-state index is 0.129. The van der Waals surface area contributed by atoms with E-state index < -0.39 is 17.2 Å². The quantitative estimate of drug-likeness (QED) is 0.598. The number of aliphatic hydroxyl groups excluding tert-OH is 1. The fraction of sp³-hybridized carbons (Fsp3) is 0.524. The summed E-state index contributed by atoms with van der Waals surface area (Å²) in [6, 6.07) is 7.48. The highest BCUT2D eigenvalue weighted by molar-refractivity contribution is 6.23. The van der Waals surface area contributed by atoms with Crippen LogP contribution in [-0.4, -0.2) is 49.1 Å². The number of piperidine rings is 2. The Kier molecular flexibility index (Phi) is 5.02. The zero-order valence-electron chi connectivity index (χ0n) is 16.3. The SMILES string of the molecule is CC12CNCCC1NC(=O)C(C(=O)Nc1ccc(N3CCCCC3)cc1)=C2O. The van der Waals surface area contributed by atoms with Gasteiger partial charge in [0.2, 0.25) is 0 Å². The van der Waals surface area contributed by atoms with Gasteiger partial charge in [0.15, 0.2) is 0 Å². The van der Waals surface area contributed by atoms with Crippen LogP contribution in [0.2, 0.25) is 0 Å². The Morgan fingerprint density at radius 1 is 1.21 bits per heavy atom. The lowest BCUT2D eigenvalue weighted by Gasteiger charge is -2.44. The smallest absolute Gasteiger partial charge is 0.264 e. The highest BCUT2D eigenvalue weighted by atomic mass is 16.3. The van der Waals surface area contributed by atoms with Crippen LogP contribution in [0.25, 0.3) is 0 Å². The van der Waals surface area contributed by atoms with Gasteiger partial charge in [0.1, 0.15) is 11.3 Å². The molecule has 2 amide bonds. The number of amides is 2. The highest BCUT2D eigenvalue weighted by Crippen LogP contribution is 2.38. The van der Waals surface area contributed by atoms with Crippen LogP contribution in [0.4, 0.5) is 11.4 Å². The zero-order chi connectivity index (χ0) is 19.7. The van der Waals surface area contributed by atoms with E-state index >= 15 is 0 Å². The molecule has 2 unspecified atom stereocenters. The Hall–Kier alpha value is -2.54. The summed E-state index contributed by atoms with van der Waals surface area (Å²) in [4.78, 5) is 27.6. The van der Waals surface area contributed by atoms with Crippen molar-refractivity contribution in [3.63, 3.8) is 0 Å². The molecule has 2 atom stereocenters. The van der Waals surface area contributed by atoms with Gasteiger partial charge in [-0.25, -0.2) is 0 Å². The average Bonchev–Trinajstić information content (AvgIpc) is 2.70. The lowest BCUT2D eigenvalue weighted by atomic mass is 9.72. The van der Waals surface area contributed by atoms with Gasteiger partial charge in [0, 0.05) is 37.1 Å². The third-order valence-electron chi connectivity index (χ3n) is 6.25. The third kappa shape index (κ3) is 3.35. The number of benzene rings is 1. The number of hydrogen-bond donors (Lipinski definition) is 4. The summed E-state index contributed by atoms with van der Waals surface area (Å²) in [6.45, 7) is 5.28. The lowest BCUT2D eigenvalue weighted by molar-refractivity contribution is -0.124. The summed E-state index contributed by atoms with van der Waals surface area (Å²) in [6.07, 6.45) is 4.41. The van der Waals surface area contributed by atoms with Crippen LogP contribution in [0, 0.1) is 5.41 Å². The van der Waals surface area contributed by atoms with E-state index in [0.29, 0.717) is 12.2 Å². The van der Waals surface area contributed by atoms with Gasteiger partial charge in [-0.15, -0.1) is 0 Å². The predicted molar refractivity (Wildman–Crippen MR) is 108 cm³/mol. The monoisotopic (exact) mass is 384 g/mol. The molecule has 0 bridgehead atoms. The highest BCUT2D eigenvalue weighted by Gasteiger charge is 2.48. The van der Waals surface area contributed by atoms with Crippen molar-refractivity contribution in [2.45, 2.75) is 38.6 Å². The maximum Gasteiger partial charge on any atom is 0.264 e. The first-order valence-corrected chi connectivity index (χ1v) is 10.1. The molecule has 4 N–H and O–H groups in total. The summed E-state index contributed by atoms with van der Waals surface area (Å²) < 4.78 is 0. The number of carbonyl (C=O) groups excluding carboxylic acids is 2. The molecule has 1 aromatic carbocycles. The summed E-state index contributed by atoms with van der Waals surface area (Å²) in [5, 5.41) is 19.7. The van der Waals surface area contributed by atoms with Gasteiger partial charge in [-0.3, -0.25) is 9.59 Å². The van der Waals surface area contributed by atoms with Gasteiger partial charge < -0.3 is 26.0 Å². The van der Waals surface area contributed by atoms with Gasteiger partial charge in [-0.05, 0) is 63.4 Å². The minimum atomic E-state index is -0.670. The van der Waals surface area contributed by atoms with Gasteiger partial charge in [-0.1, -0.05) is 0 Å². The van der Waals surface area contributed by atoms with Crippen molar-refractivity contribution < 1.29 is 14.7 Å². The summed E-state index contributed by atoms with van der Waals surface area (Å²) >= 11 is 0. The molecule has 3 heterocycles. The molecule has 0 saturated carbocycles. The molecular weight excluding hydrogens is 356 g/mol. The second kappa shape index (κ2) is 7.47. The van der Waals surface area contributed by atoms with Gasteiger partial charge in [-0.2, -0.15) is 0 Å². The first-order valence-electron chi connectivity index (χ1n) is 10.1. The first-order chi connectivity index (χ1) is 13.5. The second-order valence-corrected chi connectivity index (χ2v) is 8.18. The van der Waals surface area contributed by atoms with E-state index in [0.717, 1.165) is 31.7 Å². The molecule has 2 saturated heterocycles. The van der Waals surface area contributed by atoms with Crippen molar-refractivity contribution in [3.05, 3.63) is 35.6 Å². The van der Waals surface area contributed by atoms with Crippen molar-refractivity contribution >= 4 is 23.2 Å². The van der Waals surface area contributed by atoms with E-state index in [2.05, 4.69) is 20.9 Å². The molecule has 1 aromatic rings. The van der Waals surface area contributed by atoms with E-state index in [4.69, 9.17) is 0 Å². The van der Waals surface area contributed by atoms with Crippen molar-refractivity contribution in [1.82, 2.24) is 10.6 Å². The van der Waals surface area contributed by atoms with Crippen LogP contribution in [0.15, 0.2) is 35.6 Å². The van der Waals surface area contributed by atoms with Crippen LogP contribution in [-0.2, 0) is 9.59 Å². The normalized spacial score (nSPS) is 27.8. The molecular formula is C21H28N4O3. The number of anilines is 2. The lowest BCUT2D eigenvalue weighted by Crippen LogP contribution is -2.61. The number of aliphatic hydroxyl groups is 1. The molecule has 7 heteroatoms. The molecule has 4 rings (SSSR count). The van der Waals surface area contributed by atoms with E-state index in [1.54, 1.807) is 0 Å². The van der Waals surface area contributed by atoms with Crippen molar-refractivity contribution in [2.75, 3.05) is 36.4 Å². The van der Waals surface area contributed by atoms with Crippen LogP contribution in [0.3, 0.4) is 0 Å². The first kappa shape index (κ1) is 18.8. The van der Waals surface area contributed by atoms with E-state index in [1.165, 1.54) is 19.3 Å². The van der Waals surface area contributed by atoms with Crippen LogP contribution in [0.5, 0.6) is 0 Å². The molecule has 150 valence electrons. The van der Waals surface area contributed by atoms with Gasteiger partial charge in [0.05, 0.1) is 5.41 Å². The Morgan fingerprint density at radius 2 is 1.93 bits per heavy atom. The van der Waals surface area contributed by atoms with Crippen molar-refractivity contribution in [1.29, 1.82) is 0 Å². The summed E-state index contributed by atoms with van der Waals surface area (Å²) in [7, 11) is 0. The number of rotatable bonds is 3. The predicted octanol–water partition coefficient (Wildman–Crippen LogP) is 1.93.